The first-order chi connectivity index (χ1) is 15.1. The van der Waals surface area contributed by atoms with Gasteiger partial charge < -0.3 is 19.6 Å². The fraction of sp³-hybridized carbons (Fsp3) is 0.480. The number of likely N-dealkylation sites (N-methyl/N-ethyl adjacent to an activating group) is 1. The van der Waals surface area contributed by atoms with Crippen molar-refractivity contribution in [3.8, 4) is 11.1 Å². The number of carbonyl (C=O) groups excluding carboxylic acids is 1. The van der Waals surface area contributed by atoms with E-state index in [1.54, 1.807) is 12.1 Å². The zero-order valence-corrected chi connectivity index (χ0v) is 17.8. The van der Waals surface area contributed by atoms with Crippen LogP contribution in [0.4, 0.5) is 10.1 Å². The molecule has 3 aliphatic heterocycles. The van der Waals surface area contributed by atoms with Gasteiger partial charge in [-0.15, -0.1) is 0 Å². The molecule has 2 aromatic rings. The molecule has 3 heterocycles. The lowest BCUT2D eigenvalue weighted by molar-refractivity contribution is -0.140. The number of nitrogens with zero attached hydrogens (tertiary/aromatic N) is 2. The van der Waals surface area contributed by atoms with Gasteiger partial charge in [0, 0.05) is 44.3 Å². The summed E-state index contributed by atoms with van der Waals surface area (Å²) in [4.78, 5) is 17.7. The highest BCUT2D eigenvalue weighted by Gasteiger charge is 2.48. The number of amides is 1. The van der Waals surface area contributed by atoms with Crippen molar-refractivity contribution in [2.45, 2.75) is 31.3 Å². The van der Waals surface area contributed by atoms with Gasteiger partial charge in [0.15, 0.2) is 0 Å². The zero-order valence-electron chi connectivity index (χ0n) is 17.8. The van der Waals surface area contributed by atoms with Crippen LogP contribution in [0.15, 0.2) is 42.5 Å². The monoisotopic (exact) mass is 424 g/mol. The van der Waals surface area contributed by atoms with Crippen LogP contribution in [0.3, 0.4) is 0 Å². The Labute approximate surface area is 182 Å². The number of aliphatic hydroxyl groups is 1. The Kier molecular flexibility index (Phi) is 5.44. The van der Waals surface area contributed by atoms with Crippen molar-refractivity contribution in [3.63, 3.8) is 0 Å². The Morgan fingerprint density at radius 1 is 1.10 bits per heavy atom. The molecule has 3 atom stereocenters. The van der Waals surface area contributed by atoms with Crippen LogP contribution in [0, 0.1) is 17.7 Å². The first kappa shape index (κ1) is 20.5. The number of carbonyl (C=O) groups is 1. The van der Waals surface area contributed by atoms with E-state index in [1.165, 1.54) is 12.1 Å². The maximum Gasteiger partial charge on any atom is 0.226 e. The molecule has 2 fully saturated rings. The molecule has 0 saturated carbocycles. The summed E-state index contributed by atoms with van der Waals surface area (Å²) in [6.07, 6.45) is 2.44. The fourth-order valence-electron chi connectivity index (χ4n) is 5.70. The van der Waals surface area contributed by atoms with E-state index in [0.29, 0.717) is 13.2 Å². The van der Waals surface area contributed by atoms with Crippen LogP contribution in [0.25, 0.3) is 11.1 Å². The van der Waals surface area contributed by atoms with Gasteiger partial charge in [0.05, 0.1) is 18.7 Å². The highest BCUT2D eigenvalue weighted by molar-refractivity contribution is 5.81. The molecular weight excluding hydrogens is 395 g/mol. The first-order valence-corrected chi connectivity index (χ1v) is 11.2. The molecule has 2 aromatic carbocycles. The second-order valence-electron chi connectivity index (χ2n) is 8.96. The zero-order chi connectivity index (χ0) is 21.5. The molecule has 0 bridgehead atoms. The standard InChI is InChI=1S/C25H29FN2O3/c1-27-22-7-4-18(16-2-5-19(26)6-3-16)14-21(22)24-20(23(27)15-29)8-11-28(24)25(30)17-9-12-31-13-10-17/h2-7,14,17,20,23-24,29H,8-13,15H2,1H3/t20-,23-,24-/m1/s1. The van der Waals surface area contributed by atoms with Gasteiger partial charge in [0.2, 0.25) is 5.91 Å². The van der Waals surface area contributed by atoms with Gasteiger partial charge in [-0.05, 0) is 60.2 Å². The van der Waals surface area contributed by atoms with E-state index in [-0.39, 0.29) is 42.3 Å². The van der Waals surface area contributed by atoms with E-state index >= 15 is 0 Å². The third-order valence-electron chi connectivity index (χ3n) is 7.38. The maximum absolute atomic E-state index is 13.5. The number of anilines is 1. The molecule has 164 valence electrons. The first-order valence-electron chi connectivity index (χ1n) is 11.2. The molecular formula is C25H29FN2O3. The van der Waals surface area contributed by atoms with Crippen molar-refractivity contribution in [1.29, 1.82) is 0 Å². The van der Waals surface area contributed by atoms with Crippen LogP contribution in [0.2, 0.25) is 0 Å². The van der Waals surface area contributed by atoms with Crippen molar-refractivity contribution in [2.75, 3.05) is 38.3 Å². The fourth-order valence-corrected chi connectivity index (χ4v) is 5.70. The normalized spacial score (nSPS) is 26.0. The highest BCUT2D eigenvalue weighted by atomic mass is 19.1. The number of likely N-dealkylation sites (tertiary alicyclic amines) is 1. The van der Waals surface area contributed by atoms with E-state index in [1.807, 2.05) is 13.1 Å². The van der Waals surface area contributed by atoms with Gasteiger partial charge in [-0.2, -0.15) is 0 Å². The number of benzene rings is 2. The summed E-state index contributed by atoms with van der Waals surface area (Å²) in [5, 5.41) is 10.2. The average Bonchev–Trinajstić information content (AvgIpc) is 3.25. The largest absolute Gasteiger partial charge is 0.394 e. The minimum atomic E-state index is -0.253. The lowest BCUT2D eigenvalue weighted by Gasteiger charge is -2.45. The van der Waals surface area contributed by atoms with Crippen LogP contribution < -0.4 is 4.90 Å². The number of hydrogen-bond acceptors (Lipinski definition) is 4. The van der Waals surface area contributed by atoms with E-state index in [2.05, 4.69) is 21.9 Å². The molecule has 5 nitrogen and oxygen atoms in total. The van der Waals surface area contributed by atoms with Crippen molar-refractivity contribution >= 4 is 11.6 Å². The third kappa shape index (κ3) is 3.52. The summed E-state index contributed by atoms with van der Waals surface area (Å²) >= 11 is 0. The van der Waals surface area contributed by atoms with Gasteiger partial charge in [-0.1, -0.05) is 18.2 Å². The van der Waals surface area contributed by atoms with E-state index in [4.69, 9.17) is 4.74 Å². The van der Waals surface area contributed by atoms with E-state index in [9.17, 15) is 14.3 Å². The van der Waals surface area contributed by atoms with Gasteiger partial charge in [-0.3, -0.25) is 4.79 Å². The highest BCUT2D eigenvalue weighted by Crippen LogP contribution is 2.50. The molecule has 0 unspecified atom stereocenters. The molecule has 0 radical (unpaired) electrons. The molecule has 3 aliphatic rings. The van der Waals surface area contributed by atoms with Gasteiger partial charge in [0.25, 0.3) is 0 Å². The van der Waals surface area contributed by atoms with Crippen LogP contribution in [-0.4, -0.2) is 55.4 Å². The molecule has 31 heavy (non-hydrogen) atoms. The molecule has 0 aliphatic carbocycles. The Morgan fingerprint density at radius 2 is 1.81 bits per heavy atom. The van der Waals surface area contributed by atoms with E-state index < -0.39 is 0 Å². The lowest BCUT2D eigenvalue weighted by atomic mass is 9.80. The SMILES string of the molecule is CN1c2ccc(-c3ccc(F)cc3)cc2[C@H]2[C@H](CCN2C(=O)C2CCOCC2)[C@H]1CO. The minimum Gasteiger partial charge on any atom is -0.394 e. The summed E-state index contributed by atoms with van der Waals surface area (Å²) in [6, 6.07) is 12.7. The number of fused-ring (bicyclic) bond motifs is 3. The second kappa shape index (κ2) is 8.24. The second-order valence-corrected chi connectivity index (χ2v) is 8.96. The van der Waals surface area contributed by atoms with Crippen molar-refractivity contribution in [1.82, 2.24) is 4.90 Å². The molecule has 1 amide bonds. The molecule has 5 rings (SSSR count). The molecule has 0 spiro atoms. The van der Waals surface area contributed by atoms with Crippen molar-refractivity contribution in [3.05, 3.63) is 53.8 Å². The smallest absolute Gasteiger partial charge is 0.226 e. The molecule has 1 N–H and O–H groups in total. The Morgan fingerprint density at radius 3 is 2.52 bits per heavy atom. The lowest BCUT2D eigenvalue weighted by Crippen LogP contribution is -2.49. The van der Waals surface area contributed by atoms with Crippen molar-refractivity contribution < 1.29 is 19.0 Å². The van der Waals surface area contributed by atoms with Crippen LogP contribution >= 0.6 is 0 Å². The molecule has 2 saturated heterocycles. The predicted molar refractivity (Wildman–Crippen MR) is 117 cm³/mol. The van der Waals surface area contributed by atoms with Gasteiger partial charge in [0.1, 0.15) is 5.82 Å². The number of hydrogen-bond donors (Lipinski definition) is 1. The Balaban J connectivity index is 1.55. The quantitative estimate of drug-likeness (QED) is 0.818. The number of rotatable bonds is 3. The molecule has 0 aromatic heterocycles. The number of aliphatic hydroxyl groups excluding tert-OH is 1. The van der Waals surface area contributed by atoms with Gasteiger partial charge >= 0.3 is 0 Å². The Hall–Kier alpha value is -2.44. The summed E-state index contributed by atoms with van der Waals surface area (Å²) in [5.74, 6) is 0.171. The average molecular weight is 425 g/mol. The summed E-state index contributed by atoms with van der Waals surface area (Å²) in [6.45, 7) is 2.07. The predicted octanol–water partition coefficient (Wildman–Crippen LogP) is 3.62. The van der Waals surface area contributed by atoms with E-state index in [0.717, 1.165) is 48.2 Å². The summed E-state index contributed by atoms with van der Waals surface area (Å²) in [5.41, 5.74) is 4.14. The van der Waals surface area contributed by atoms with Crippen molar-refractivity contribution in [2.24, 2.45) is 11.8 Å². The minimum absolute atomic E-state index is 0.0124. The topological polar surface area (TPSA) is 53.0 Å². The number of ether oxygens (including phenoxy) is 1. The maximum atomic E-state index is 13.5. The van der Waals surface area contributed by atoms with Gasteiger partial charge in [-0.25, -0.2) is 4.39 Å². The van der Waals surface area contributed by atoms with Crippen LogP contribution in [-0.2, 0) is 9.53 Å². The third-order valence-corrected chi connectivity index (χ3v) is 7.38. The molecule has 6 heteroatoms. The summed E-state index contributed by atoms with van der Waals surface area (Å²) < 4.78 is 18.9. The summed E-state index contributed by atoms with van der Waals surface area (Å²) in [7, 11) is 2.02. The Bertz CT molecular complexity index is 958. The number of halogens is 1. The van der Waals surface area contributed by atoms with Crippen LogP contribution in [0.5, 0.6) is 0 Å². The van der Waals surface area contributed by atoms with Crippen LogP contribution in [0.1, 0.15) is 30.9 Å².